The van der Waals surface area contributed by atoms with Gasteiger partial charge in [0, 0.05) is 22.0 Å². The minimum Gasteiger partial charge on any atom is -0.391 e. The van der Waals surface area contributed by atoms with Crippen LogP contribution in [0.4, 0.5) is 0 Å². The maximum atomic E-state index is 11.9. The second kappa shape index (κ2) is 5.29. The number of benzene rings is 1. The summed E-state index contributed by atoms with van der Waals surface area (Å²) in [6.45, 7) is 2.19. The molecule has 0 radical (unpaired) electrons. The number of hydrogen-bond acceptors (Lipinski definition) is 3. The zero-order valence-corrected chi connectivity index (χ0v) is 10.5. The first-order valence-electron chi connectivity index (χ1n) is 5.65. The van der Waals surface area contributed by atoms with Crippen molar-refractivity contribution in [3.8, 4) is 0 Å². The highest BCUT2D eigenvalue weighted by atomic mass is 32.1. The number of carbonyl (C=O) groups excluding carboxylic acids is 1. The Hall–Kier alpha value is -1.39. The van der Waals surface area contributed by atoms with E-state index in [0.29, 0.717) is 18.5 Å². The summed E-state index contributed by atoms with van der Waals surface area (Å²) in [5.41, 5.74) is 0.689. The van der Waals surface area contributed by atoms with Crippen LogP contribution in [0, 0.1) is 0 Å². The molecule has 2 rings (SSSR count). The maximum Gasteiger partial charge on any atom is 0.252 e. The fourth-order valence-electron chi connectivity index (χ4n) is 1.60. The SMILES string of the molecule is CC[C@H](O)CNC(=O)c1csc2ccccc12. The average molecular weight is 249 g/mol. The molecule has 0 unspecified atom stereocenters. The quantitative estimate of drug-likeness (QED) is 0.874. The van der Waals surface area contributed by atoms with Crippen molar-refractivity contribution in [2.75, 3.05) is 6.54 Å². The molecule has 2 aromatic rings. The van der Waals surface area contributed by atoms with Crippen molar-refractivity contribution in [3.63, 3.8) is 0 Å². The first-order chi connectivity index (χ1) is 8.22. The zero-order valence-electron chi connectivity index (χ0n) is 9.64. The molecule has 3 nitrogen and oxygen atoms in total. The second-order valence-corrected chi connectivity index (χ2v) is 4.83. The molecular weight excluding hydrogens is 234 g/mol. The Balaban J connectivity index is 2.14. The van der Waals surface area contributed by atoms with E-state index in [0.717, 1.165) is 10.1 Å². The lowest BCUT2D eigenvalue weighted by Crippen LogP contribution is -2.31. The van der Waals surface area contributed by atoms with Crippen LogP contribution in [0.25, 0.3) is 10.1 Å². The van der Waals surface area contributed by atoms with Crippen LogP contribution in [0.1, 0.15) is 23.7 Å². The Kier molecular flexibility index (Phi) is 3.76. The van der Waals surface area contributed by atoms with Crippen molar-refractivity contribution in [1.82, 2.24) is 5.32 Å². The molecule has 0 aliphatic carbocycles. The van der Waals surface area contributed by atoms with E-state index in [2.05, 4.69) is 5.32 Å². The number of rotatable bonds is 4. The van der Waals surface area contributed by atoms with Gasteiger partial charge in [0.15, 0.2) is 0 Å². The molecule has 0 spiro atoms. The number of nitrogens with one attached hydrogen (secondary N) is 1. The number of carbonyl (C=O) groups is 1. The van der Waals surface area contributed by atoms with Gasteiger partial charge in [-0.15, -0.1) is 11.3 Å². The van der Waals surface area contributed by atoms with E-state index in [1.165, 1.54) is 0 Å². The molecule has 1 aromatic carbocycles. The number of thiophene rings is 1. The fourth-order valence-corrected chi connectivity index (χ4v) is 2.54. The summed E-state index contributed by atoms with van der Waals surface area (Å²) >= 11 is 1.56. The number of amides is 1. The monoisotopic (exact) mass is 249 g/mol. The Labute approximate surface area is 104 Å². The molecule has 1 heterocycles. The van der Waals surface area contributed by atoms with Crippen molar-refractivity contribution < 1.29 is 9.90 Å². The van der Waals surface area contributed by atoms with Crippen LogP contribution >= 0.6 is 11.3 Å². The summed E-state index contributed by atoms with van der Waals surface area (Å²) in [5.74, 6) is -0.116. The summed E-state index contributed by atoms with van der Waals surface area (Å²) < 4.78 is 1.11. The first kappa shape index (κ1) is 12.1. The zero-order chi connectivity index (χ0) is 12.3. The van der Waals surface area contributed by atoms with Crippen LogP contribution in [0.3, 0.4) is 0 Å². The topological polar surface area (TPSA) is 49.3 Å². The fraction of sp³-hybridized carbons (Fsp3) is 0.308. The molecule has 2 N–H and O–H groups in total. The lowest BCUT2D eigenvalue weighted by atomic mass is 10.1. The van der Waals surface area contributed by atoms with E-state index in [1.807, 2.05) is 36.6 Å². The van der Waals surface area contributed by atoms with E-state index in [1.54, 1.807) is 11.3 Å². The third-order valence-corrected chi connectivity index (χ3v) is 3.66. The third-order valence-electron chi connectivity index (χ3n) is 2.70. The number of aliphatic hydroxyl groups excluding tert-OH is 1. The smallest absolute Gasteiger partial charge is 0.252 e. The lowest BCUT2D eigenvalue weighted by Gasteiger charge is -2.08. The molecule has 1 aromatic heterocycles. The van der Waals surface area contributed by atoms with Gasteiger partial charge in [0.05, 0.1) is 11.7 Å². The molecule has 17 heavy (non-hydrogen) atoms. The summed E-state index contributed by atoms with van der Waals surface area (Å²) in [4.78, 5) is 11.9. The second-order valence-electron chi connectivity index (χ2n) is 3.92. The van der Waals surface area contributed by atoms with Crippen molar-refractivity contribution >= 4 is 27.3 Å². The molecular formula is C13H15NO2S. The van der Waals surface area contributed by atoms with Gasteiger partial charge in [0.2, 0.25) is 0 Å². The van der Waals surface area contributed by atoms with Crippen molar-refractivity contribution in [2.45, 2.75) is 19.4 Å². The summed E-state index contributed by atoms with van der Waals surface area (Å²) in [5, 5.41) is 15.0. The largest absolute Gasteiger partial charge is 0.391 e. The Bertz CT molecular complexity index is 521. The van der Waals surface area contributed by atoms with Crippen LogP contribution in [0.5, 0.6) is 0 Å². The van der Waals surface area contributed by atoms with Gasteiger partial charge >= 0.3 is 0 Å². The molecule has 1 amide bonds. The Morgan fingerprint density at radius 3 is 3.00 bits per heavy atom. The van der Waals surface area contributed by atoms with Crippen molar-refractivity contribution in [2.24, 2.45) is 0 Å². The number of fused-ring (bicyclic) bond motifs is 1. The highest BCUT2D eigenvalue weighted by Crippen LogP contribution is 2.25. The number of aliphatic hydroxyl groups is 1. The van der Waals surface area contributed by atoms with Gasteiger partial charge in [-0.3, -0.25) is 4.79 Å². The van der Waals surface area contributed by atoms with Gasteiger partial charge in [0.25, 0.3) is 5.91 Å². The van der Waals surface area contributed by atoms with Gasteiger partial charge in [0.1, 0.15) is 0 Å². The summed E-state index contributed by atoms with van der Waals surface area (Å²) in [7, 11) is 0. The minimum atomic E-state index is -0.469. The third kappa shape index (κ3) is 2.65. The predicted molar refractivity (Wildman–Crippen MR) is 70.5 cm³/mol. The Morgan fingerprint density at radius 2 is 2.24 bits per heavy atom. The summed E-state index contributed by atoms with van der Waals surface area (Å²) in [6.07, 6.45) is 0.175. The van der Waals surface area contributed by atoms with E-state index < -0.39 is 6.10 Å². The lowest BCUT2D eigenvalue weighted by molar-refractivity contribution is 0.0916. The first-order valence-corrected chi connectivity index (χ1v) is 6.52. The maximum absolute atomic E-state index is 11.9. The molecule has 0 aliphatic heterocycles. The average Bonchev–Trinajstić information content (AvgIpc) is 2.79. The summed E-state index contributed by atoms with van der Waals surface area (Å²) in [6, 6.07) is 7.82. The van der Waals surface area contributed by atoms with E-state index in [4.69, 9.17) is 0 Å². The standard InChI is InChI=1S/C13H15NO2S/c1-2-9(15)7-14-13(16)11-8-17-12-6-4-3-5-10(11)12/h3-6,8-9,15H,2,7H2,1H3,(H,14,16)/t9-/m0/s1. The van der Waals surface area contributed by atoms with Crippen LogP contribution in [-0.4, -0.2) is 23.7 Å². The van der Waals surface area contributed by atoms with Gasteiger partial charge in [-0.2, -0.15) is 0 Å². The van der Waals surface area contributed by atoms with Crippen molar-refractivity contribution in [3.05, 3.63) is 35.2 Å². The molecule has 0 aliphatic rings. The van der Waals surface area contributed by atoms with Crippen LogP contribution in [-0.2, 0) is 0 Å². The van der Waals surface area contributed by atoms with Gasteiger partial charge in [-0.25, -0.2) is 0 Å². The van der Waals surface area contributed by atoms with Gasteiger partial charge < -0.3 is 10.4 Å². The molecule has 90 valence electrons. The van der Waals surface area contributed by atoms with Gasteiger partial charge in [-0.05, 0) is 12.5 Å². The number of hydrogen-bond donors (Lipinski definition) is 2. The van der Waals surface area contributed by atoms with Crippen LogP contribution in [0.2, 0.25) is 0 Å². The van der Waals surface area contributed by atoms with Crippen molar-refractivity contribution in [1.29, 1.82) is 0 Å². The minimum absolute atomic E-state index is 0.116. The van der Waals surface area contributed by atoms with Crippen LogP contribution < -0.4 is 5.32 Å². The normalized spacial score (nSPS) is 12.6. The predicted octanol–water partition coefficient (Wildman–Crippen LogP) is 2.40. The Morgan fingerprint density at radius 1 is 1.47 bits per heavy atom. The van der Waals surface area contributed by atoms with Gasteiger partial charge in [-0.1, -0.05) is 25.1 Å². The van der Waals surface area contributed by atoms with Crippen LogP contribution in [0.15, 0.2) is 29.6 Å². The molecule has 0 fully saturated rings. The molecule has 0 saturated carbocycles. The highest BCUT2D eigenvalue weighted by Gasteiger charge is 2.12. The van der Waals surface area contributed by atoms with E-state index >= 15 is 0 Å². The molecule has 1 atom stereocenters. The molecule has 0 saturated heterocycles. The van der Waals surface area contributed by atoms with E-state index in [-0.39, 0.29) is 5.91 Å². The highest BCUT2D eigenvalue weighted by molar-refractivity contribution is 7.17. The van der Waals surface area contributed by atoms with E-state index in [9.17, 15) is 9.90 Å². The molecule has 0 bridgehead atoms. The molecule has 4 heteroatoms.